The van der Waals surface area contributed by atoms with Crippen LogP contribution in [0.15, 0.2) is 12.1 Å². The van der Waals surface area contributed by atoms with E-state index in [1.54, 1.807) is 24.0 Å². The summed E-state index contributed by atoms with van der Waals surface area (Å²) >= 11 is 5.76. The van der Waals surface area contributed by atoms with Crippen molar-refractivity contribution in [3.63, 3.8) is 0 Å². The zero-order valence-corrected chi connectivity index (χ0v) is 10.9. The maximum absolute atomic E-state index is 12.1. The Bertz CT molecular complexity index is 453. The standard InChI is InChI=1S/C12H16ClN3O2/c1-8-10(4-5-11(13)14-8)15-12(18)16-6-2-3-9(16)7-17/h4-5,9,17H,2-3,6-7H2,1H3,(H,15,18)/t9-/m1/s1. The number of nitrogens with zero attached hydrogens (tertiary/aromatic N) is 2. The smallest absolute Gasteiger partial charge is 0.322 e. The van der Waals surface area contributed by atoms with Gasteiger partial charge >= 0.3 is 6.03 Å². The third-order valence-electron chi connectivity index (χ3n) is 3.14. The lowest BCUT2D eigenvalue weighted by atomic mass is 10.2. The zero-order chi connectivity index (χ0) is 13.1. The molecule has 0 aromatic carbocycles. The van der Waals surface area contributed by atoms with E-state index >= 15 is 0 Å². The summed E-state index contributed by atoms with van der Waals surface area (Å²) < 4.78 is 0. The number of hydrogen-bond acceptors (Lipinski definition) is 3. The Morgan fingerprint density at radius 2 is 2.44 bits per heavy atom. The number of aliphatic hydroxyl groups is 1. The summed E-state index contributed by atoms with van der Waals surface area (Å²) in [5.74, 6) is 0. The van der Waals surface area contributed by atoms with E-state index in [0.717, 1.165) is 12.8 Å². The Hall–Kier alpha value is -1.33. The lowest BCUT2D eigenvalue weighted by Gasteiger charge is -2.23. The van der Waals surface area contributed by atoms with Crippen LogP contribution in [-0.2, 0) is 0 Å². The molecular weight excluding hydrogens is 254 g/mol. The fourth-order valence-corrected chi connectivity index (χ4v) is 2.33. The zero-order valence-electron chi connectivity index (χ0n) is 10.2. The van der Waals surface area contributed by atoms with Gasteiger partial charge in [0.25, 0.3) is 0 Å². The van der Waals surface area contributed by atoms with Crippen molar-refractivity contribution in [2.45, 2.75) is 25.8 Å². The highest BCUT2D eigenvalue weighted by atomic mass is 35.5. The predicted octanol–water partition coefficient (Wildman–Crippen LogP) is 2.03. The van der Waals surface area contributed by atoms with Gasteiger partial charge in [-0.25, -0.2) is 9.78 Å². The summed E-state index contributed by atoms with van der Waals surface area (Å²) in [6, 6.07) is 3.09. The van der Waals surface area contributed by atoms with Gasteiger partial charge in [0.05, 0.1) is 24.0 Å². The van der Waals surface area contributed by atoms with E-state index in [-0.39, 0.29) is 18.7 Å². The van der Waals surface area contributed by atoms with Crippen molar-refractivity contribution < 1.29 is 9.90 Å². The lowest BCUT2D eigenvalue weighted by Crippen LogP contribution is -2.40. The molecule has 1 atom stereocenters. The van der Waals surface area contributed by atoms with E-state index in [1.807, 2.05) is 0 Å². The summed E-state index contributed by atoms with van der Waals surface area (Å²) in [4.78, 5) is 17.8. The van der Waals surface area contributed by atoms with Gasteiger partial charge in [0.15, 0.2) is 0 Å². The first-order chi connectivity index (χ1) is 8.61. The van der Waals surface area contributed by atoms with Crippen molar-refractivity contribution in [3.05, 3.63) is 23.0 Å². The molecule has 0 aliphatic carbocycles. The molecule has 1 aromatic rings. The number of rotatable bonds is 2. The van der Waals surface area contributed by atoms with E-state index in [1.165, 1.54) is 0 Å². The summed E-state index contributed by atoms with van der Waals surface area (Å²) in [7, 11) is 0. The number of pyridine rings is 1. The largest absolute Gasteiger partial charge is 0.394 e. The highest BCUT2D eigenvalue weighted by Gasteiger charge is 2.28. The van der Waals surface area contributed by atoms with Crippen LogP contribution < -0.4 is 5.32 Å². The van der Waals surface area contributed by atoms with E-state index in [0.29, 0.717) is 23.1 Å². The number of nitrogens with one attached hydrogen (secondary N) is 1. The fourth-order valence-electron chi connectivity index (χ4n) is 2.14. The first kappa shape index (κ1) is 13.1. The predicted molar refractivity (Wildman–Crippen MR) is 69.8 cm³/mol. The van der Waals surface area contributed by atoms with Crippen LogP contribution in [0.4, 0.5) is 10.5 Å². The molecular formula is C12H16ClN3O2. The Kier molecular flexibility index (Phi) is 4.04. The Balaban J connectivity index is 2.07. The van der Waals surface area contributed by atoms with Gasteiger partial charge in [0, 0.05) is 6.54 Å². The lowest BCUT2D eigenvalue weighted by molar-refractivity contribution is 0.166. The topological polar surface area (TPSA) is 65.5 Å². The van der Waals surface area contributed by atoms with Crippen molar-refractivity contribution in [3.8, 4) is 0 Å². The molecule has 2 amide bonds. The number of carbonyl (C=O) groups is 1. The molecule has 2 heterocycles. The number of aromatic nitrogens is 1. The Labute approximate surface area is 111 Å². The maximum Gasteiger partial charge on any atom is 0.322 e. The van der Waals surface area contributed by atoms with E-state index in [4.69, 9.17) is 11.6 Å². The molecule has 0 spiro atoms. The van der Waals surface area contributed by atoms with Crippen molar-refractivity contribution in [2.75, 3.05) is 18.5 Å². The van der Waals surface area contributed by atoms with Crippen LogP contribution in [0, 0.1) is 6.92 Å². The van der Waals surface area contributed by atoms with Crippen molar-refractivity contribution in [2.24, 2.45) is 0 Å². The molecule has 1 aliphatic rings. The van der Waals surface area contributed by atoms with Gasteiger partial charge < -0.3 is 15.3 Å². The van der Waals surface area contributed by atoms with Crippen LogP contribution in [0.2, 0.25) is 5.15 Å². The van der Waals surface area contributed by atoms with Gasteiger partial charge in [-0.2, -0.15) is 0 Å². The fraction of sp³-hybridized carbons (Fsp3) is 0.500. The first-order valence-electron chi connectivity index (χ1n) is 5.93. The molecule has 5 nitrogen and oxygen atoms in total. The highest BCUT2D eigenvalue weighted by Crippen LogP contribution is 2.20. The second-order valence-electron chi connectivity index (χ2n) is 4.37. The molecule has 6 heteroatoms. The molecule has 1 aliphatic heterocycles. The Morgan fingerprint density at radius 1 is 1.67 bits per heavy atom. The van der Waals surface area contributed by atoms with E-state index in [9.17, 15) is 9.90 Å². The molecule has 98 valence electrons. The van der Waals surface area contributed by atoms with Crippen LogP contribution in [0.1, 0.15) is 18.5 Å². The van der Waals surface area contributed by atoms with Crippen LogP contribution >= 0.6 is 11.6 Å². The molecule has 0 saturated carbocycles. The third-order valence-corrected chi connectivity index (χ3v) is 3.35. The molecule has 1 saturated heterocycles. The SMILES string of the molecule is Cc1nc(Cl)ccc1NC(=O)N1CCC[C@@H]1CO. The monoisotopic (exact) mass is 269 g/mol. The van der Waals surface area contributed by atoms with Crippen LogP contribution in [0.3, 0.4) is 0 Å². The summed E-state index contributed by atoms with van der Waals surface area (Å²) in [6.07, 6.45) is 1.78. The van der Waals surface area contributed by atoms with Gasteiger partial charge in [0.1, 0.15) is 5.15 Å². The maximum atomic E-state index is 12.1. The van der Waals surface area contributed by atoms with Gasteiger partial charge in [-0.1, -0.05) is 11.6 Å². The van der Waals surface area contributed by atoms with Gasteiger partial charge in [0.2, 0.25) is 0 Å². The average Bonchev–Trinajstić information content (AvgIpc) is 2.81. The first-order valence-corrected chi connectivity index (χ1v) is 6.31. The normalized spacial score (nSPS) is 19.1. The van der Waals surface area contributed by atoms with Gasteiger partial charge in [-0.05, 0) is 31.9 Å². The Morgan fingerprint density at radius 3 is 3.11 bits per heavy atom. The number of aliphatic hydroxyl groups excluding tert-OH is 1. The molecule has 18 heavy (non-hydrogen) atoms. The number of aryl methyl sites for hydroxylation is 1. The number of anilines is 1. The van der Waals surface area contributed by atoms with Crippen molar-refractivity contribution >= 4 is 23.3 Å². The van der Waals surface area contributed by atoms with Crippen molar-refractivity contribution in [1.82, 2.24) is 9.88 Å². The summed E-state index contributed by atoms with van der Waals surface area (Å²) in [5, 5.41) is 12.4. The van der Waals surface area contributed by atoms with Gasteiger partial charge in [-0.3, -0.25) is 0 Å². The van der Waals surface area contributed by atoms with Crippen LogP contribution in [0.25, 0.3) is 0 Å². The van der Waals surface area contributed by atoms with Crippen LogP contribution in [-0.4, -0.2) is 40.2 Å². The number of likely N-dealkylation sites (tertiary alicyclic amines) is 1. The third kappa shape index (κ3) is 2.73. The number of hydrogen-bond donors (Lipinski definition) is 2. The number of urea groups is 1. The molecule has 0 radical (unpaired) electrons. The van der Waals surface area contributed by atoms with Crippen LogP contribution in [0.5, 0.6) is 0 Å². The number of carbonyl (C=O) groups excluding carboxylic acids is 1. The molecule has 2 rings (SSSR count). The minimum atomic E-state index is -0.196. The molecule has 1 aromatic heterocycles. The number of halogens is 1. The molecule has 0 bridgehead atoms. The molecule has 2 N–H and O–H groups in total. The van der Waals surface area contributed by atoms with E-state index in [2.05, 4.69) is 10.3 Å². The minimum absolute atomic E-state index is 0.00523. The highest BCUT2D eigenvalue weighted by molar-refractivity contribution is 6.29. The second-order valence-corrected chi connectivity index (χ2v) is 4.76. The van der Waals surface area contributed by atoms with E-state index < -0.39 is 0 Å². The number of amides is 2. The molecule has 0 unspecified atom stereocenters. The molecule has 1 fully saturated rings. The average molecular weight is 270 g/mol. The summed E-state index contributed by atoms with van der Waals surface area (Å²) in [6.45, 7) is 2.47. The van der Waals surface area contributed by atoms with Crippen molar-refractivity contribution in [1.29, 1.82) is 0 Å². The van der Waals surface area contributed by atoms with Gasteiger partial charge in [-0.15, -0.1) is 0 Å². The second kappa shape index (κ2) is 5.54. The minimum Gasteiger partial charge on any atom is -0.394 e. The quantitative estimate of drug-likeness (QED) is 0.808. The summed E-state index contributed by atoms with van der Waals surface area (Å²) in [5.41, 5.74) is 1.32.